The maximum Gasteiger partial charge on any atom is 0.161 e. The molecule has 76 valence electrons. The molecule has 0 aliphatic heterocycles. The first kappa shape index (κ1) is 11.1. The van der Waals surface area contributed by atoms with Crippen molar-refractivity contribution >= 4 is 17.4 Å². The number of carbonyl (C=O) groups excluding carboxylic acids is 1. The molecular formula is C11H13ClO2. The van der Waals surface area contributed by atoms with Crippen LogP contribution in [-0.2, 0) is 0 Å². The number of hydrogen-bond donors (Lipinski definition) is 0. The van der Waals surface area contributed by atoms with Gasteiger partial charge in [-0.3, -0.25) is 4.79 Å². The molecule has 2 nitrogen and oxygen atoms in total. The molecule has 0 unspecified atom stereocenters. The largest absolute Gasteiger partial charge is 0.494 e. The third kappa shape index (κ3) is 2.74. The molecule has 0 amide bonds. The van der Waals surface area contributed by atoms with Gasteiger partial charge in [0.2, 0.25) is 0 Å². The number of benzene rings is 1. The predicted molar refractivity (Wildman–Crippen MR) is 57.2 cm³/mol. The quantitative estimate of drug-likeness (QED) is 0.716. The summed E-state index contributed by atoms with van der Waals surface area (Å²) in [5, 5.41) is 0.473. The molecule has 0 atom stereocenters. The summed E-state index contributed by atoms with van der Waals surface area (Å²) in [6.45, 7) is 4.17. The summed E-state index contributed by atoms with van der Waals surface area (Å²) in [5.41, 5.74) is 0.514. The smallest absolute Gasteiger partial charge is 0.161 e. The number of ether oxygens (including phenoxy) is 1. The molecule has 0 aliphatic carbocycles. The van der Waals surface area contributed by atoms with Gasteiger partial charge in [-0.15, -0.1) is 0 Å². The van der Waals surface area contributed by atoms with Crippen molar-refractivity contribution in [3.63, 3.8) is 0 Å². The number of rotatable bonds is 4. The van der Waals surface area contributed by atoms with E-state index in [-0.39, 0.29) is 5.78 Å². The van der Waals surface area contributed by atoms with Crippen molar-refractivity contribution in [2.45, 2.75) is 20.3 Å². The maximum absolute atomic E-state index is 11.2. The Bertz CT molecular complexity index is 334. The van der Waals surface area contributed by atoms with Crippen LogP contribution in [0.1, 0.15) is 30.6 Å². The molecule has 1 rings (SSSR count). The van der Waals surface area contributed by atoms with Crippen molar-refractivity contribution in [3.05, 3.63) is 28.8 Å². The Labute approximate surface area is 88.8 Å². The highest BCUT2D eigenvalue weighted by Crippen LogP contribution is 2.22. The van der Waals surface area contributed by atoms with Gasteiger partial charge in [-0.2, -0.15) is 0 Å². The summed E-state index contributed by atoms with van der Waals surface area (Å²) >= 11 is 5.85. The lowest BCUT2D eigenvalue weighted by atomic mass is 10.1. The zero-order valence-electron chi connectivity index (χ0n) is 8.34. The van der Waals surface area contributed by atoms with Crippen LogP contribution in [0, 0.1) is 0 Å². The van der Waals surface area contributed by atoms with Crippen molar-refractivity contribution < 1.29 is 9.53 Å². The van der Waals surface area contributed by atoms with Crippen LogP contribution in [-0.4, -0.2) is 12.4 Å². The number of hydrogen-bond acceptors (Lipinski definition) is 2. The van der Waals surface area contributed by atoms with E-state index < -0.39 is 0 Å². The highest BCUT2D eigenvalue weighted by molar-refractivity contribution is 6.33. The molecule has 0 saturated carbocycles. The fraction of sp³-hybridized carbons (Fsp3) is 0.364. The van der Waals surface area contributed by atoms with E-state index in [1.165, 1.54) is 6.92 Å². The Kier molecular flexibility index (Phi) is 3.96. The second kappa shape index (κ2) is 5.01. The lowest BCUT2D eigenvalue weighted by Gasteiger charge is -2.06. The van der Waals surface area contributed by atoms with E-state index in [9.17, 15) is 4.79 Å². The predicted octanol–water partition coefficient (Wildman–Crippen LogP) is 3.33. The first-order valence-electron chi connectivity index (χ1n) is 4.58. The van der Waals surface area contributed by atoms with E-state index >= 15 is 0 Å². The second-order valence-electron chi connectivity index (χ2n) is 3.05. The summed E-state index contributed by atoms with van der Waals surface area (Å²) in [4.78, 5) is 11.2. The number of Topliss-reactive ketones (excluding diaryl/α,β-unsaturated/α-hetero) is 1. The molecule has 0 bridgehead atoms. The van der Waals surface area contributed by atoms with Crippen LogP contribution in [0.4, 0.5) is 0 Å². The molecule has 3 heteroatoms. The first-order chi connectivity index (χ1) is 6.65. The van der Waals surface area contributed by atoms with Gasteiger partial charge in [-0.1, -0.05) is 18.5 Å². The lowest BCUT2D eigenvalue weighted by molar-refractivity contribution is 0.101. The molecule has 0 aromatic heterocycles. The molecule has 0 N–H and O–H groups in total. The molecular weight excluding hydrogens is 200 g/mol. The van der Waals surface area contributed by atoms with Crippen molar-refractivity contribution in [2.75, 3.05) is 6.61 Å². The van der Waals surface area contributed by atoms with Crippen LogP contribution < -0.4 is 4.74 Å². The van der Waals surface area contributed by atoms with E-state index in [4.69, 9.17) is 16.3 Å². The number of ketones is 1. The Morgan fingerprint density at radius 3 is 2.79 bits per heavy atom. The first-order valence-corrected chi connectivity index (χ1v) is 4.96. The zero-order valence-corrected chi connectivity index (χ0v) is 9.10. The SMILES string of the molecule is CCCOc1ccc(Cl)c(C(C)=O)c1. The van der Waals surface area contributed by atoms with Crippen molar-refractivity contribution in [2.24, 2.45) is 0 Å². The zero-order chi connectivity index (χ0) is 10.6. The molecule has 0 saturated heterocycles. The van der Waals surface area contributed by atoms with Crippen LogP contribution in [0.2, 0.25) is 5.02 Å². The van der Waals surface area contributed by atoms with E-state index in [0.29, 0.717) is 22.9 Å². The summed E-state index contributed by atoms with van der Waals surface area (Å²) in [5.74, 6) is 0.651. The van der Waals surface area contributed by atoms with Gasteiger partial charge in [0.15, 0.2) is 5.78 Å². The molecule has 14 heavy (non-hydrogen) atoms. The fourth-order valence-electron chi connectivity index (χ4n) is 1.08. The van der Waals surface area contributed by atoms with E-state index in [2.05, 4.69) is 0 Å². The molecule has 0 fully saturated rings. The minimum Gasteiger partial charge on any atom is -0.494 e. The average Bonchev–Trinajstić information content (AvgIpc) is 2.16. The Balaban J connectivity index is 2.89. The second-order valence-corrected chi connectivity index (χ2v) is 3.45. The standard InChI is InChI=1S/C11H13ClO2/c1-3-6-14-9-4-5-11(12)10(7-9)8(2)13/h4-5,7H,3,6H2,1-2H3. The summed E-state index contributed by atoms with van der Waals surface area (Å²) < 4.78 is 5.39. The Hall–Kier alpha value is -1.02. The minimum absolute atomic E-state index is 0.0445. The fourth-order valence-corrected chi connectivity index (χ4v) is 1.33. The monoisotopic (exact) mass is 212 g/mol. The molecule has 1 aromatic rings. The van der Waals surface area contributed by atoms with Crippen LogP contribution in [0.5, 0.6) is 5.75 Å². The van der Waals surface area contributed by atoms with Gasteiger partial charge in [0.25, 0.3) is 0 Å². The van der Waals surface area contributed by atoms with Crippen LogP contribution in [0.15, 0.2) is 18.2 Å². The maximum atomic E-state index is 11.2. The van der Waals surface area contributed by atoms with Crippen molar-refractivity contribution in [3.8, 4) is 5.75 Å². The third-order valence-electron chi connectivity index (χ3n) is 1.79. The average molecular weight is 213 g/mol. The highest BCUT2D eigenvalue weighted by atomic mass is 35.5. The van der Waals surface area contributed by atoms with Crippen LogP contribution >= 0.6 is 11.6 Å². The molecule has 0 spiro atoms. The normalized spacial score (nSPS) is 9.93. The molecule has 0 radical (unpaired) electrons. The number of carbonyl (C=O) groups is 1. The number of halogens is 1. The van der Waals surface area contributed by atoms with E-state index in [1.54, 1.807) is 18.2 Å². The van der Waals surface area contributed by atoms with Crippen LogP contribution in [0.25, 0.3) is 0 Å². The summed E-state index contributed by atoms with van der Waals surface area (Å²) in [7, 11) is 0. The van der Waals surface area contributed by atoms with Crippen LogP contribution in [0.3, 0.4) is 0 Å². The van der Waals surface area contributed by atoms with Gasteiger partial charge >= 0.3 is 0 Å². The van der Waals surface area contributed by atoms with Gasteiger partial charge in [0, 0.05) is 5.56 Å². The molecule has 1 aromatic carbocycles. The summed E-state index contributed by atoms with van der Waals surface area (Å²) in [6, 6.07) is 5.13. The summed E-state index contributed by atoms with van der Waals surface area (Å²) in [6.07, 6.45) is 0.942. The highest BCUT2D eigenvalue weighted by Gasteiger charge is 2.06. The van der Waals surface area contributed by atoms with E-state index in [1.807, 2.05) is 6.92 Å². The van der Waals surface area contributed by atoms with Gasteiger partial charge in [-0.05, 0) is 31.5 Å². The topological polar surface area (TPSA) is 26.3 Å². The van der Waals surface area contributed by atoms with Gasteiger partial charge in [-0.25, -0.2) is 0 Å². The molecule has 0 heterocycles. The Morgan fingerprint density at radius 2 is 2.21 bits per heavy atom. The lowest BCUT2D eigenvalue weighted by Crippen LogP contribution is -1.98. The van der Waals surface area contributed by atoms with Gasteiger partial charge in [0.05, 0.1) is 11.6 Å². The van der Waals surface area contributed by atoms with E-state index in [0.717, 1.165) is 6.42 Å². The van der Waals surface area contributed by atoms with Crippen molar-refractivity contribution in [1.82, 2.24) is 0 Å². The van der Waals surface area contributed by atoms with Gasteiger partial charge in [0.1, 0.15) is 5.75 Å². The van der Waals surface area contributed by atoms with Gasteiger partial charge < -0.3 is 4.74 Å². The van der Waals surface area contributed by atoms with Crippen molar-refractivity contribution in [1.29, 1.82) is 0 Å². The minimum atomic E-state index is -0.0445. The third-order valence-corrected chi connectivity index (χ3v) is 2.12. The Morgan fingerprint density at radius 1 is 1.50 bits per heavy atom. The molecule has 0 aliphatic rings.